The SMILES string of the molecule is CSCCC(=O)Cc1ncnn1C. The van der Waals surface area contributed by atoms with Crippen molar-refractivity contribution in [2.75, 3.05) is 12.0 Å². The van der Waals surface area contributed by atoms with Gasteiger partial charge in [-0.05, 0) is 12.0 Å². The summed E-state index contributed by atoms with van der Waals surface area (Å²) in [4.78, 5) is 15.3. The lowest BCUT2D eigenvalue weighted by Crippen LogP contribution is -2.09. The second-order valence-electron chi connectivity index (χ2n) is 2.76. The van der Waals surface area contributed by atoms with Gasteiger partial charge < -0.3 is 0 Å². The Morgan fingerprint density at radius 2 is 2.46 bits per heavy atom. The first-order valence-corrected chi connectivity index (χ1v) is 5.47. The summed E-state index contributed by atoms with van der Waals surface area (Å²) in [7, 11) is 1.80. The Balaban J connectivity index is 2.41. The van der Waals surface area contributed by atoms with Crippen LogP contribution in [0.1, 0.15) is 12.2 Å². The molecule has 1 aromatic heterocycles. The van der Waals surface area contributed by atoms with Gasteiger partial charge in [0.2, 0.25) is 0 Å². The van der Waals surface area contributed by atoms with Crippen molar-refractivity contribution in [3.8, 4) is 0 Å². The predicted octanol–water partition coefficient (Wildman–Crippen LogP) is 0.680. The van der Waals surface area contributed by atoms with Gasteiger partial charge in [0.15, 0.2) is 0 Å². The highest BCUT2D eigenvalue weighted by atomic mass is 32.2. The number of Topliss-reactive ketones (excluding diaryl/α,β-unsaturated/α-hetero) is 1. The topological polar surface area (TPSA) is 47.8 Å². The molecule has 0 aromatic carbocycles. The van der Waals surface area contributed by atoms with Gasteiger partial charge in [-0.15, -0.1) is 0 Å². The molecule has 1 aromatic rings. The first kappa shape index (κ1) is 10.2. The van der Waals surface area contributed by atoms with E-state index in [1.807, 2.05) is 6.26 Å². The van der Waals surface area contributed by atoms with Gasteiger partial charge >= 0.3 is 0 Å². The molecule has 0 fully saturated rings. The van der Waals surface area contributed by atoms with Gasteiger partial charge in [0.25, 0.3) is 0 Å². The molecule has 0 amide bonds. The summed E-state index contributed by atoms with van der Waals surface area (Å²) >= 11 is 1.68. The molecule has 72 valence electrons. The van der Waals surface area contributed by atoms with E-state index in [4.69, 9.17) is 0 Å². The van der Waals surface area contributed by atoms with Crippen LogP contribution in [0, 0.1) is 0 Å². The Morgan fingerprint density at radius 3 is 3.00 bits per heavy atom. The van der Waals surface area contributed by atoms with E-state index < -0.39 is 0 Å². The molecule has 0 atom stereocenters. The molecule has 5 heteroatoms. The molecule has 0 aliphatic carbocycles. The van der Waals surface area contributed by atoms with Crippen molar-refractivity contribution in [1.29, 1.82) is 0 Å². The van der Waals surface area contributed by atoms with Gasteiger partial charge in [0.05, 0.1) is 6.42 Å². The zero-order valence-electron chi connectivity index (χ0n) is 7.86. The molecule has 0 bridgehead atoms. The third-order valence-corrected chi connectivity index (χ3v) is 2.36. The molecule has 0 saturated carbocycles. The summed E-state index contributed by atoms with van der Waals surface area (Å²) in [5.41, 5.74) is 0. The fraction of sp³-hybridized carbons (Fsp3) is 0.625. The Hall–Kier alpha value is -0.840. The van der Waals surface area contributed by atoms with Crippen LogP contribution in [0.4, 0.5) is 0 Å². The molecule has 13 heavy (non-hydrogen) atoms. The number of carbonyl (C=O) groups excluding carboxylic acids is 1. The number of ketones is 1. The van der Waals surface area contributed by atoms with Crippen molar-refractivity contribution in [2.45, 2.75) is 12.8 Å². The summed E-state index contributed by atoms with van der Waals surface area (Å²) in [5, 5.41) is 3.90. The molecule has 0 spiro atoms. The van der Waals surface area contributed by atoms with Crippen LogP contribution in [0.3, 0.4) is 0 Å². The Labute approximate surface area is 81.7 Å². The van der Waals surface area contributed by atoms with Gasteiger partial charge in [-0.1, -0.05) is 0 Å². The highest BCUT2D eigenvalue weighted by Crippen LogP contribution is 2.00. The van der Waals surface area contributed by atoms with E-state index in [1.54, 1.807) is 23.5 Å². The molecule has 0 N–H and O–H groups in total. The van der Waals surface area contributed by atoms with E-state index in [-0.39, 0.29) is 5.78 Å². The standard InChI is InChI=1S/C8H13N3OS/c1-11-8(9-6-10-11)5-7(12)3-4-13-2/h6H,3-5H2,1-2H3. The molecule has 1 rings (SSSR count). The largest absolute Gasteiger partial charge is 0.299 e. The Bertz CT molecular complexity index is 285. The smallest absolute Gasteiger partial charge is 0.141 e. The van der Waals surface area contributed by atoms with E-state index >= 15 is 0 Å². The van der Waals surface area contributed by atoms with E-state index in [2.05, 4.69) is 10.1 Å². The average Bonchev–Trinajstić information content (AvgIpc) is 2.48. The molecule has 4 nitrogen and oxygen atoms in total. The number of aromatic nitrogens is 3. The third kappa shape index (κ3) is 3.18. The van der Waals surface area contributed by atoms with Gasteiger partial charge in [0, 0.05) is 13.5 Å². The molecule has 0 aliphatic heterocycles. The van der Waals surface area contributed by atoms with E-state index in [0.717, 1.165) is 11.6 Å². The van der Waals surface area contributed by atoms with E-state index in [9.17, 15) is 4.79 Å². The van der Waals surface area contributed by atoms with Crippen molar-refractivity contribution in [2.24, 2.45) is 7.05 Å². The fourth-order valence-electron chi connectivity index (χ4n) is 0.961. The van der Waals surface area contributed by atoms with Crippen molar-refractivity contribution < 1.29 is 4.79 Å². The zero-order chi connectivity index (χ0) is 9.68. The van der Waals surface area contributed by atoms with Crippen molar-refractivity contribution in [3.05, 3.63) is 12.2 Å². The van der Waals surface area contributed by atoms with Crippen LogP contribution >= 0.6 is 11.8 Å². The number of rotatable bonds is 5. The highest BCUT2D eigenvalue weighted by Gasteiger charge is 2.07. The molecular weight excluding hydrogens is 186 g/mol. The quantitative estimate of drug-likeness (QED) is 0.699. The second-order valence-corrected chi connectivity index (χ2v) is 3.74. The number of carbonyl (C=O) groups is 1. The van der Waals surface area contributed by atoms with E-state index in [1.165, 1.54) is 6.33 Å². The molecular formula is C8H13N3OS. The monoisotopic (exact) mass is 199 g/mol. The molecule has 0 unspecified atom stereocenters. The Morgan fingerprint density at radius 1 is 1.69 bits per heavy atom. The molecule has 0 saturated heterocycles. The van der Waals surface area contributed by atoms with Gasteiger partial charge in [0.1, 0.15) is 17.9 Å². The van der Waals surface area contributed by atoms with Gasteiger partial charge in [-0.3, -0.25) is 9.48 Å². The van der Waals surface area contributed by atoms with Crippen LogP contribution in [0.5, 0.6) is 0 Å². The lowest BCUT2D eigenvalue weighted by atomic mass is 10.2. The summed E-state index contributed by atoms with van der Waals surface area (Å²) in [6.45, 7) is 0. The second kappa shape index (κ2) is 5.01. The average molecular weight is 199 g/mol. The number of hydrogen-bond acceptors (Lipinski definition) is 4. The number of aryl methyl sites for hydroxylation is 1. The maximum Gasteiger partial charge on any atom is 0.141 e. The minimum absolute atomic E-state index is 0.227. The molecule has 0 radical (unpaired) electrons. The number of thioether (sulfide) groups is 1. The van der Waals surface area contributed by atoms with Gasteiger partial charge in [-0.2, -0.15) is 16.9 Å². The van der Waals surface area contributed by atoms with Crippen LogP contribution < -0.4 is 0 Å². The van der Waals surface area contributed by atoms with Crippen molar-refractivity contribution >= 4 is 17.5 Å². The predicted molar refractivity (Wildman–Crippen MR) is 52.7 cm³/mol. The van der Waals surface area contributed by atoms with Crippen LogP contribution in [0.25, 0.3) is 0 Å². The highest BCUT2D eigenvalue weighted by molar-refractivity contribution is 7.98. The van der Waals surface area contributed by atoms with Crippen molar-refractivity contribution in [1.82, 2.24) is 14.8 Å². The number of hydrogen-bond donors (Lipinski definition) is 0. The molecule has 0 aliphatic rings. The zero-order valence-corrected chi connectivity index (χ0v) is 8.67. The lowest BCUT2D eigenvalue weighted by molar-refractivity contribution is -0.118. The fourth-order valence-corrected chi connectivity index (χ4v) is 1.39. The first-order valence-electron chi connectivity index (χ1n) is 4.07. The van der Waals surface area contributed by atoms with Crippen LogP contribution in [0.2, 0.25) is 0 Å². The minimum atomic E-state index is 0.227. The third-order valence-electron chi connectivity index (χ3n) is 1.75. The Kier molecular flexibility index (Phi) is 3.95. The number of nitrogens with zero attached hydrogens (tertiary/aromatic N) is 3. The summed E-state index contributed by atoms with van der Waals surface area (Å²) in [5.74, 6) is 1.85. The van der Waals surface area contributed by atoms with Crippen LogP contribution in [-0.2, 0) is 18.3 Å². The first-order chi connectivity index (χ1) is 6.24. The lowest BCUT2D eigenvalue weighted by Gasteiger charge is -1.98. The van der Waals surface area contributed by atoms with Crippen molar-refractivity contribution in [3.63, 3.8) is 0 Å². The van der Waals surface area contributed by atoms with Crippen LogP contribution in [0.15, 0.2) is 6.33 Å². The maximum absolute atomic E-state index is 11.3. The maximum atomic E-state index is 11.3. The van der Waals surface area contributed by atoms with Gasteiger partial charge in [-0.25, -0.2) is 4.98 Å². The minimum Gasteiger partial charge on any atom is -0.299 e. The normalized spacial score (nSPS) is 10.3. The molecule has 1 heterocycles. The summed E-state index contributed by atoms with van der Waals surface area (Å²) in [6, 6.07) is 0. The van der Waals surface area contributed by atoms with Crippen LogP contribution in [-0.4, -0.2) is 32.6 Å². The van der Waals surface area contributed by atoms with E-state index in [0.29, 0.717) is 12.8 Å². The summed E-state index contributed by atoms with van der Waals surface area (Å²) < 4.78 is 1.64. The summed E-state index contributed by atoms with van der Waals surface area (Å²) in [6.07, 6.45) is 4.48.